The minimum Gasteiger partial charge on any atom is -0.485 e. The summed E-state index contributed by atoms with van der Waals surface area (Å²) >= 11 is 3.10. The summed E-state index contributed by atoms with van der Waals surface area (Å²) in [7, 11) is 0. The molecule has 0 spiro atoms. The maximum Gasteiger partial charge on any atom is 0.233 e. The minimum absolute atomic E-state index is 0.119. The lowest BCUT2D eigenvalue weighted by atomic mass is 9.99. The maximum atomic E-state index is 12.9. The topological polar surface area (TPSA) is 84.0 Å². The first kappa shape index (κ1) is 21.9. The van der Waals surface area contributed by atoms with Gasteiger partial charge in [-0.15, -0.1) is 16.4 Å². The van der Waals surface area contributed by atoms with Crippen LogP contribution in [0.1, 0.15) is 35.2 Å². The molecule has 1 saturated heterocycles. The number of thioether (sulfide) groups is 1. The molecule has 0 bridgehead atoms. The van der Waals surface area contributed by atoms with Gasteiger partial charge in [-0.3, -0.25) is 9.89 Å². The van der Waals surface area contributed by atoms with Gasteiger partial charge in [0, 0.05) is 19.0 Å². The number of aromatic nitrogens is 4. The number of rotatable bonds is 7. The Morgan fingerprint density at radius 3 is 2.94 bits per heavy atom. The number of fused-ring (bicyclic) bond motifs is 1. The standard InChI is InChI=1S/C24H25N5O2S2/c1-16-7-2-4-10-19(16)31-14-21-26-24(28-27-21)32-15-22(30)29-12-6-8-17(13-29)23-25-18-9-3-5-11-20(18)33-23/h2-5,7,9-11,17H,6,8,12-15H2,1H3,(H,26,27,28). The summed E-state index contributed by atoms with van der Waals surface area (Å²) in [5.41, 5.74) is 2.12. The molecule has 0 saturated carbocycles. The quantitative estimate of drug-likeness (QED) is 0.383. The molecule has 2 aromatic heterocycles. The number of carbonyl (C=O) groups is 1. The number of thiazole rings is 1. The average molecular weight is 480 g/mol. The lowest BCUT2D eigenvalue weighted by molar-refractivity contribution is -0.129. The number of hydrogen-bond acceptors (Lipinski definition) is 7. The van der Waals surface area contributed by atoms with E-state index in [1.807, 2.05) is 48.2 Å². The molecule has 1 aliphatic heterocycles. The number of nitrogens with zero attached hydrogens (tertiary/aromatic N) is 4. The van der Waals surface area contributed by atoms with E-state index < -0.39 is 0 Å². The van der Waals surface area contributed by atoms with Gasteiger partial charge in [0.05, 0.1) is 21.0 Å². The Hall–Kier alpha value is -2.91. The molecule has 1 fully saturated rings. The van der Waals surface area contributed by atoms with Gasteiger partial charge in [-0.05, 0) is 43.5 Å². The molecule has 3 heterocycles. The molecule has 1 N–H and O–H groups in total. The second-order valence-corrected chi connectivity index (χ2v) is 10.1. The third kappa shape index (κ3) is 5.20. The molecule has 1 aliphatic rings. The highest BCUT2D eigenvalue weighted by Gasteiger charge is 2.27. The van der Waals surface area contributed by atoms with Crippen LogP contribution >= 0.6 is 23.1 Å². The van der Waals surface area contributed by atoms with Gasteiger partial charge < -0.3 is 9.64 Å². The molecule has 1 amide bonds. The van der Waals surface area contributed by atoms with Crippen LogP contribution in [0.4, 0.5) is 0 Å². The molecule has 4 aromatic rings. The van der Waals surface area contributed by atoms with Gasteiger partial charge >= 0.3 is 0 Å². The van der Waals surface area contributed by atoms with Gasteiger partial charge in [-0.1, -0.05) is 42.1 Å². The van der Waals surface area contributed by atoms with Crippen LogP contribution in [0.25, 0.3) is 10.2 Å². The fourth-order valence-corrected chi connectivity index (χ4v) is 5.77. The van der Waals surface area contributed by atoms with E-state index in [1.54, 1.807) is 11.3 Å². The monoisotopic (exact) mass is 479 g/mol. The number of benzene rings is 2. The lowest BCUT2D eigenvalue weighted by Gasteiger charge is -2.31. The van der Waals surface area contributed by atoms with Crippen LogP contribution in [0, 0.1) is 6.92 Å². The highest BCUT2D eigenvalue weighted by Crippen LogP contribution is 2.33. The zero-order valence-corrected chi connectivity index (χ0v) is 20.0. The van der Waals surface area contributed by atoms with Crippen molar-refractivity contribution in [2.75, 3.05) is 18.8 Å². The van der Waals surface area contributed by atoms with Gasteiger partial charge in [0.1, 0.15) is 12.4 Å². The molecule has 1 unspecified atom stereocenters. The normalized spacial score (nSPS) is 16.3. The molecule has 0 aliphatic carbocycles. The molecule has 5 rings (SSSR count). The number of para-hydroxylation sites is 2. The van der Waals surface area contributed by atoms with Crippen molar-refractivity contribution in [1.29, 1.82) is 0 Å². The van der Waals surface area contributed by atoms with E-state index >= 15 is 0 Å². The number of H-pyrrole nitrogens is 1. The summed E-state index contributed by atoms with van der Waals surface area (Å²) < 4.78 is 7.02. The SMILES string of the molecule is Cc1ccccc1OCc1nc(SCC(=O)N2CCCC(c3nc4ccccc4s3)C2)n[nH]1. The Balaban J connectivity index is 1.14. The number of likely N-dealkylation sites (tertiary alicyclic amines) is 1. The van der Waals surface area contributed by atoms with Crippen molar-refractivity contribution in [2.24, 2.45) is 0 Å². The maximum absolute atomic E-state index is 12.9. The first-order chi connectivity index (χ1) is 16.2. The minimum atomic E-state index is 0.119. The Bertz CT molecular complexity index is 1220. The summed E-state index contributed by atoms with van der Waals surface area (Å²) in [6.45, 7) is 3.83. The number of aromatic amines is 1. The van der Waals surface area contributed by atoms with Crippen LogP contribution in [0.5, 0.6) is 5.75 Å². The number of carbonyl (C=O) groups excluding carboxylic acids is 1. The number of aryl methyl sites for hydroxylation is 1. The molecule has 170 valence electrons. The summed E-state index contributed by atoms with van der Waals surface area (Å²) in [5.74, 6) is 2.21. The van der Waals surface area contributed by atoms with Crippen molar-refractivity contribution in [3.05, 3.63) is 64.9 Å². The van der Waals surface area contributed by atoms with Gasteiger partial charge in [0.25, 0.3) is 0 Å². The van der Waals surface area contributed by atoms with Crippen molar-refractivity contribution in [3.63, 3.8) is 0 Å². The van der Waals surface area contributed by atoms with E-state index in [-0.39, 0.29) is 5.91 Å². The van der Waals surface area contributed by atoms with Crippen LogP contribution in [0.2, 0.25) is 0 Å². The van der Waals surface area contributed by atoms with E-state index in [4.69, 9.17) is 9.72 Å². The molecule has 1 atom stereocenters. The molecule has 9 heteroatoms. The smallest absolute Gasteiger partial charge is 0.233 e. The van der Waals surface area contributed by atoms with Gasteiger partial charge in [-0.2, -0.15) is 0 Å². The number of amides is 1. The first-order valence-electron chi connectivity index (χ1n) is 11.0. The Morgan fingerprint density at radius 2 is 2.06 bits per heavy atom. The van der Waals surface area contributed by atoms with Crippen molar-refractivity contribution in [2.45, 2.75) is 37.4 Å². The van der Waals surface area contributed by atoms with Crippen LogP contribution in [0.15, 0.2) is 53.7 Å². The van der Waals surface area contributed by atoms with Crippen molar-refractivity contribution in [3.8, 4) is 5.75 Å². The van der Waals surface area contributed by atoms with Crippen molar-refractivity contribution < 1.29 is 9.53 Å². The molecular weight excluding hydrogens is 454 g/mol. The number of hydrogen-bond donors (Lipinski definition) is 1. The third-order valence-corrected chi connectivity index (χ3v) is 7.76. The van der Waals surface area contributed by atoms with Crippen LogP contribution in [-0.4, -0.2) is 49.8 Å². The van der Waals surface area contributed by atoms with E-state index in [1.165, 1.54) is 16.5 Å². The number of piperidine rings is 1. The third-order valence-electron chi connectivity index (χ3n) is 5.73. The van der Waals surface area contributed by atoms with Crippen LogP contribution in [-0.2, 0) is 11.4 Å². The Morgan fingerprint density at radius 1 is 1.21 bits per heavy atom. The van der Waals surface area contributed by atoms with E-state index in [2.05, 4.69) is 27.3 Å². The average Bonchev–Trinajstić information content (AvgIpc) is 3.49. The van der Waals surface area contributed by atoms with E-state index in [0.717, 1.165) is 47.8 Å². The van der Waals surface area contributed by atoms with Gasteiger partial charge in [0.15, 0.2) is 5.82 Å². The van der Waals surface area contributed by atoms with Gasteiger partial charge in [-0.25, -0.2) is 9.97 Å². The van der Waals surface area contributed by atoms with E-state index in [9.17, 15) is 4.79 Å². The van der Waals surface area contributed by atoms with Crippen molar-refractivity contribution >= 4 is 39.2 Å². The highest BCUT2D eigenvalue weighted by molar-refractivity contribution is 7.99. The lowest BCUT2D eigenvalue weighted by Crippen LogP contribution is -2.40. The molecule has 7 nitrogen and oxygen atoms in total. The summed E-state index contributed by atoms with van der Waals surface area (Å²) in [5, 5.41) is 8.82. The zero-order chi connectivity index (χ0) is 22.6. The summed E-state index contributed by atoms with van der Waals surface area (Å²) in [6, 6.07) is 16.1. The Labute approximate surface area is 200 Å². The molecule has 33 heavy (non-hydrogen) atoms. The largest absolute Gasteiger partial charge is 0.485 e. The first-order valence-corrected chi connectivity index (χ1v) is 12.8. The number of nitrogens with one attached hydrogen (secondary N) is 1. The van der Waals surface area contributed by atoms with Crippen LogP contribution < -0.4 is 4.74 Å². The predicted molar refractivity (Wildman–Crippen MR) is 131 cm³/mol. The fraction of sp³-hybridized carbons (Fsp3) is 0.333. The molecule has 0 radical (unpaired) electrons. The highest BCUT2D eigenvalue weighted by atomic mass is 32.2. The number of ether oxygens (including phenoxy) is 1. The molecular formula is C24H25N5O2S2. The van der Waals surface area contributed by atoms with Crippen molar-refractivity contribution in [1.82, 2.24) is 25.1 Å². The fourth-order valence-electron chi connectivity index (χ4n) is 3.96. The second-order valence-electron chi connectivity index (χ2n) is 8.11. The summed E-state index contributed by atoms with van der Waals surface area (Å²) in [4.78, 5) is 24.1. The van der Waals surface area contributed by atoms with E-state index in [0.29, 0.717) is 29.3 Å². The second kappa shape index (κ2) is 9.93. The summed E-state index contributed by atoms with van der Waals surface area (Å²) in [6.07, 6.45) is 2.07. The predicted octanol–water partition coefficient (Wildman–Crippen LogP) is 4.80. The molecule has 2 aromatic carbocycles. The van der Waals surface area contributed by atoms with Gasteiger partial charge in [0.2, 0.25) is 11.1 Å². The zero-order valence-electron chi connectivity index (χ0n) is 18.4. The Kier molecular flexibility index (Phi) is 6.59. The van der Waals surface area contributed by atoms with Crippen LogP contribution in [0.3, 0.4) is 0 Å².